The van der Waals surface area contributed by atoms with Gasteiger partial charge in [-0.3, -0.25) is 24.9 Å². The number of aryl methyl sites for hydroxylation is 1. The Morgan fingerprint density at radius 3 is 3.03 bits per heavy atom. The second kappa shape index (κ2) is 9.53. The number of rotatable bonds is 5. The van der Waals surface area contributed by atoms with Crippen LogP contribution in [0.4, 0.5) is 0 Å². The number of aliphatic hydroxyl groups is 1. The summed E-state index contributed by atoms with van der Waals surface area (Å²) in [5.41, 5.74) is 9.19. The lowest BCUT2D eigenvalue weighted by atomic mass is 9.74. The van der Waals surface area contributed by atoms with Gasteiger partial charge in [0.1, 0.15) is 0 Å². The minimum absolute atomic E-state index is 0.00506. The number of fused-ring (bicyclic) bond motifs is 2. The summed E-state index contributed by atoms with van der Waals surface area (Å²) < 4.78 is 1.84. The van der Waals surface area contributed by atoms with Crippen LogP contribution in [0.25, 0.3) is 10.9 Å². The van der Waals surface area contributed by atoms with Gasteiger partial charge in [-0.15, -0.1) is 0 Å². The first-order valence-corrected chi connectivity index (χ1v) is 13.2. The molecule has 6 rings (SSSR count). The summed E-state index contributed by atoms with van der Waals surface area (Å²) in [6, 6.07) is 6.67. The van der Waals surface area contributed by atoms with Crippen LogP contribution in [0.1, 0.15) is 62.2 Å². The van der Waals surface area contributed by atoms with Gasteiger partial charge in [0.15, 0.2) is 0 Å². The molecule has 4 unspecified atom stereocenters. The van der Waals surface area contributed by atoms with Crippen molar-refractivity contribution in [2.24, 2.45) is 11.8 Å². The zero-order chi connectivity index (χ0) is 24.7. The summed E-state index contributed by atoms with van der Waals surface area (Å²) in [6.07, 6.45) is 13.0. The van der Waals surface area contributed by atoms with E-state index in [1.54, 1.807) is 12.4 Å². The van der Waals surface area contributed by atoms with Crippen LogP contribution in [0, 0.1) is 18.8 Å². The van der Waals surface area contributed by atoms with Crippen molar-refractivity contribution < 1.29 is 9.90 Å². The zero-order valence-electron chi connectivity index (χ0n) is 20.7. The van der Waals surface area contributed by atoms with Crippen LogP contribution >= 0.6 is 0 Å². The van der Waals surface area contributed by atoms with E-state index in [2.05, 4.69) is 43.4 Å². The van der Waals surface area contributed by atoms with E-state index >= 15 is 0 Å². The summed E-state index contributed by atoms with van der Waals surface area (Å²) in [4.78, 5) is 21.9. The van der Waals surface area contributed by atoms with Gasteiger partial charge in [-0.05, 0) is 81.5 Å². The normalized spacial score (nSPS) is 32.3. The first kappa shape index (κ1) is 23.5. The number of carbonyl (C=O) groups is 1. The molecule has 1 amide bonds. The lowest BCUT2D eigenvalue weighted by molar-refractivity contribution is -0.128. The van der Waals surface area contributed by atoms with Crippen molar-refractivity contribution in [3.63, 3.8) is 0 Å². The summed E-state index contributed by atoms with van der Waals surface area (Å²) in [6.45, 7) is 2.42. The largest absolute Gasteiger partial charge is 0.388 e. The molecule has 3 fully saturated rings. The van der Waals surface area contributed by atoms with Crippen molar-refractivity contribution in [1.29, 1.82) is 0 Å². The van der Waals surface area contributed by atoms with Gasteiger partial charge in [0.25, 0.3) is 0 Å². The molecule has 2 saturated carbocycles. The monoisotopic (exact) mass is 489 g/mol. The standard InChI is InChI=1S/C27H35N7O2/c1-17-11-18(7-10-29-17)25-22-12-19(4-5-23(22)32-33-25)26(35)31-21-3-2-8-27(36,13-21)16-34-24-15-28-9-6-20(24)14-30-34/h6-7,9-11,14-15,19,21-23,25,32-33,36H,2-5,8,12-13,16H2,1H3,(H,31,35)/t19?,21-,22?,23?,25?,27-/m1/s1. The molecule has 4 N–H and O–H groups in total. The van der Waals surface area contributed by atoms with Gasteiger partial charge >= 0.3 is 0 Å². The number of nitrogens with zero attached hydrogens (tertiary/aromatic N) is 4. The highest BCUT2D eigenvalue weighted by Gasteiger charge is 2.43. The molecule has 1 aliphatic heterocycles. The summed E-state index contributed by atoms with van der Waals surface area (Å²) >= 11 is 0. The SMILES string of the molecule is Cc1cc(C2NNC3CCC(C(=O)N[C@@H]4CCC[C@](O)(Cn5ncc6ccncc65)C4)CC32)ccn1. The molecule has 190 valence electrons. The number of amides is 1. The third-order valence-corrected chi connectivity index (χ3v) is 8.46. The molecule has 3 aromatic heterocycles. The van der Waals surface area contributed by atoms with Crippen LogP contribution in [-0.4, -0.2) is 48.4 Å². The van der Waals surface area contributed by atoms with Gasteiger partial charge in [0.05, 0.1) is 36.1 Å². The van der Waals surface area contributed by atoms with Gasteiger partial charge in [-0.25, -0.2) is 5.43 Å². The first-order chi connectivity index (χ1) is 17.5. The van der Waals surface area contributed by atoms with E-state index in [0.717, 1.165) is 48.7 Å². The smallest absolute Gasteiger partial charge is 0.223 e. The first-order valence-electron chi connectivity index (χ1n) is 13.2. The molecule has 0 aromatic carbocycles. The third-order valence-electron chi connectivity index (χ3n) is 8.46. The van der Waals surface area contributed by atoms with Crippen LogP contribution in [-0.2, 0) is 11.3 Å². The molecule has 9 nitrogen and oxygen atoms in total. The Morgan fingerprint density at radius 2 is 2.14 bits per heavy atom. The molecule has 3 aliphatic rings. The number of nitrogens with one attached hydrogen (secondary N) is 3. The van der Waals surface area contributed by atoms with Crippen molar-refractivity contribution in [2.45, 2.75) is 82.1 Å². The van der Waals surface area contributed by atoms with Crippen LogP contribution in [0.3, 0.4) is 0 Å². The molecular formula is C27H35N7O2. The van der Waals surface area contributed by atoms with Crippen LogP contribution in [0.15, 0.2) is 43.0 Å². The maximum Gasteiger partial charge on any atom is 0.223 e. The Bertz CT molecular complexity index is 1250. The highest BCUT2D eigenvalue weighted by Crippen LogP contribution is 2.41. The maximum absolute atomic E-state index is 13.4. The molecule has 9 heteroatoms. The van der Waals surface area contributed by atoms with Crippen molar-refractivity contribution >= 4 is 16.8 Å². The van der Waals surface area contributed by atoms with E-state index in [-0.39, 0.29) is 23.9 Å². The predicted molar refractivity (Wildman–Crippen MR) is 135 cm³/mol. The van der Waals surface area contributed by atoms with E-state index < -0.39 is 5.60 Å². The Morgan fingerprint density at radius 1 is 1.22 bits per heavy atom. The number of pyridine rings is 2. The van der Waals surface area contributed by atoms with E-state index in [9.17, 15) is 9.90 Å². The lowest BCUT2D eigenvalue weighted by Crippen LogP contribution is -2.50. The molecule has 0 bridgehead atoms. The Labute approximate surface area is 211 Å². The second-order valence-corrected chi connectivity index (χ2v) is 11.0. The molecule has 3 aromatic rings. The fourth-order valence-corrected chi connectivity index (χ4v) is 6.63. The van der Waals surface area contributed by atoms with Gasteiger partial charge in [0.2, 0.25) is 5.91 Å². The maximum atomic E-state index is 13.4. The van der Waals surface area contributed by atoms with E-state index in [1.807, 2.05) is 30.1 Å². The van der Waals surface area contributed by atoms with E-state index in [1.165, 1.54) is 5.56 Å². The molecule has 36 heavy (non-hydrogen) atoms. The molecule has 0 spiro atoms. The molecule has 2 aliphatic carbocycles. The van der Waals surface area contributed by atoms with Crippen LogP contribution < -0.4 is 16.2 Å². The second-order valence-electron chi connectivity index (χ2n) is 11.0. The Balaban J connectivity index is 1.09. The van der Waals surface area contributed by atoms with Crippen molar-refractivity contribution in [2.75, 3.05) is 0 Å². The highest BCUT2D eigenvalue weighted by molar-refractivity contribution is 5.79. The summed E-state index contributed by atoms with van der Waals surface area (Å²) in [5, 5.41) is 20.3. The highest BCUT2D eigenvalue weighted by atomic mass is 16.3. The van der Waals surface area contributed by atoms with Gasteiger partial charge in [-0.2, -0.15) is 5.10 Å². The Hall–Kier alpha value is -2.88. The lowest BCUT2D eigenvalue weighted by Gasteiger charge is -2.38. The van der Waals surface area contributed by atoms with E-state index in [0.29, 0.717) is 31.3 Å². The van der Waals surface area contributed by atoms with Crippen molar-refractivity contribution in [3.05, 3.63) is 54.2 Å². The summed E-state index contributed by atoms with van der Waals surface area (Å²) in [7, 11) is 0. The minimum atomic E-state index is -0.897. The zero-order valence-corrected chi connectivity index (χ0v) is 20.7. The third kappa shape index (κ3) is 4.63. The number of hydrogen-bond acceptors (Lipinski definition) is 7. The fraction of sp³-hybridized carbons (Fsp3) is 0.556. The average Bonchev–Trinajstić information content (AvgIpc) is 3.48. The molecular weight excluding hydrogens is 454 g/mol. The van der Waals surface area contributed by atoms with Gasteiger partial charge < -0.3 is 10.4 Å². The molecule has 6 atom stereocenters. The fourth-order valence-electron chi connectivity index (χ4n) is 6.63. The molecule has 0 radical (unpaired) electrons. The Kier molecular flexibility index (Phi) is 6.23. The summed E-state index contributed by atoms with van der Waals surface area (Å²) in [5.74, 6) is 0.490. The van der Waals surface area contributed by atoms with Gasteiger partial charge in [-0.1, -0.05) is 0 Å². The molecule has 1 saturated heterocycles. The number of hydrazine groups is 1. The predicted octanol–water partition coefficient (Wildman–Crippen LogP) is 2.56. The van der Waals surface area contributed by atoms with Crippen LogP contribution in [0.2, 0.25) is 0 Å². The van der Waals surface area contributed by atoms with E-state index in [4.69, 9.17) is 0 Å². The topological polar surface area (TPSA) is 117 Å². The van der Waals surface area contributed by atoms with Crippen LogP contribution in [0.5, 0.6) is 0 Å². The number of aromatic nitrogens is 4. The van der Waals surface area contributed by atoms with Crippen molar-refractivity contribution in [3.8, 4) is 0 Å². The number of hydrogen-bond donors (Lipinski definition) is 4. The average molecular weight is 490 g/mol. The van der Waals surface area contributed by atoms with Gasteiger partial charge in [0, 0.05) is 41.5 Å². The number of carbonyl (C=O) groups excluding carboxylic acids is 1. The van der Waals surface area contributed by atoms with Crippen molar-refractivity contribution in [1.82, 2.24) is 35.9 Å². The minimum Gasteiger partial charge on any atom is -0.388 e. The quantitative estimate of drug-likeness (QED) is 0.435. The molecule has 4 heterocycles.